The quantitative estimate of drug-likeness (QED) is 0.705. The Kier molecular flexibility index (Phi) is 6.62. The van der Waals surface area contributed by atoms with Crippen LogP contribution in [0, 0.1) is 0 Å². The van der Waals surface area contributed by atoms with Crippen molar-refractivity contribution in [2.45, 2.75) is 38.4 Å². The lowest BCUT2D eigenvalue weighted by atomic mass is 9.97. The zero-order valence-electron chi connectivity index (χ0n) is 11.0. The molecule has 1 atom stereocenters. The molecule has 2 N–H and O–H groups in total. The number of nitrogens with one attached hydrogen (secondary N) is 1. The summed E-state index contributed by atoms with van der Waals surface area (Å²) >= 11 is 0. The Bertz CT molecular complexity index is 272. The number of halogens is 3. The Hall–Kier alpha value is -0.820. The lowest BCUT2D eigenvalue weighted by molar-refractivity contribution is -0.145. The SMILES string of the molecule is CCNC(C)(CCN(C)CCC(F)(F)F)C(=O)O. The van der Waals surface area contributed by atoms with Crippen molar-refractivity contribution in [2.24, 2.45) is 0 Å². The number of rotatable bonds is 8. The van der Waals surface area contributed by atoms with Crippen LogP contribution in [0.1, 0.15) is 26.7 Å². The van der Waals surface area contributed by atoms with Crippen LogP contribution in [0.4, 0.5) is 13.2 Å². The number of carboxylic acid groups (broad SMARTS) is 1. The first-order valence-corrected chi connectivity index (χ1v) is 5.84. The molecule has 0 aromatic rings. The van der Waals surface area contributed by atoms with Crippen LogP contribution in [-0.4, -0.2) is 54.4 Å². The van der Waals surface area contributed by atoms with Gasteiger partial charge in [0.2, 0.25) is 0 Å². The molecule has 0 aliphatic carbocycles. The number of hydrogen-bond acceptors (Lipinski definition) is 3. The molecule has 0 fully saturated rings. The molecule has 0 saturated heterocycles. The van der Waals surface area contributed by atoms with Gasteiger partial charge in [0, 0.05) is 13.1 Å². The Morgan fingerprint density at radius 3 is 2.17 bits per heavy atom. The Balaban J connectivity index is 4.16. The van der Waals surface area contributed by atoms with Crippen molar-refractivity contribution in [3.8, 4) is 0 Å². The molecule has 0 amide bonds. The molecule has 7 heteroatoms. The fraction of sp³-hybridized carbons (Fsp3) is 0.909. The summed E-state index contributed by atoms with van der Waals surface area (Å²) in [4.78, 5) is 12.6. The molecule has 0 radical (unpaired) electrons. The second-order valence-electron chi connectivity index (χ2n) is 4.59. The maximum Gasteiger partial charge on any atom is 0.390 e. The van der Waals surface area contributed by atoms with Crippen LogP contribution in [0.5, 0.6) is 0 Å². The first-order chi connectivity index (χ1) is 8.10. The van der Waals surface area contributed by atoms with Gasteiger partial charge < -0.3 is 15.3 Å². The number of hydrogen-bond donors (Lipinski definition) is 2. The van der Waals surface area contributed by atoms with Crippen molar-refractivity contribution in [3.05, 3.63) is 0 Å². The summed E-state index contributed by atoms with van der Waals surface area (Å²) in [6, 6.07) is 0. The van der Waals surface area contributed by atoms with Gasteiger partial charge in [-0.1, -0.05) is 6.92 Å². The highest BCUT2D eigenvalue weighted by Crippen LogP contribution is 2.19. The number of likely N-dealkylation sites (N-methyl/N-ethyl adjacent to an activating group) is 1. The second-order valence-corrected chi connectivity index (χ2v) is 4.59. The Morgan fingerprint density at radius 2 is 1.78 bits per heavy atom. The van der Waals surface area contributed by atoms with Crippen LogP contribution in [0.25, 0.3) is 0 Å². The molecular weight excluding hydrogens is 249 g/mol. The van der Waals surface area contributed by atoms with Gasteiger partial charge in [-0.25, -0.2) is 0 Å². The second kappa shape index (κ2) is 6.94. The third-order valence-electron chi connectivity index (χ3n) is 2.81. The van der Waals surface area contributed by atoms with Gasteiger partial charge in [-0.15, -0.1) is 0 Å². The summed E-state index contributed by atoms with van der Waals surface area (Å²) < 4.78 is 36.0. The molecule has 108 valence electrons. The molecule has 0 aliphatic heterocycles. The number of nitrogens with zero attached hydrogens (tertiary/aromatic N) is 1. The molecule has 0 spiro atoms. The predicted molar refractivity (Wildman–Crippen MR) is 62.5 cm³/mol. The number of aliphatic carboxylic acids is 1. The minimum Gasteiger partial charge on any atom is -0.480 e. The van der Waals surface area contributed by atoms with E-state index in [-0.39, 0.29) is 13.0 Å². The molecule has 0 bridgehead atoms. The first kappa shape index (κ1) is 17.2. The molecule has 0 aromatic carbocycles. The lowest BCUT2D eigenvalue weighted by Crippen LogP contribution is -2.51. The number of carboxylic acids is 1. The van der Waals surface area contributed by atoms with Gasteiger partial charge in [-0.3, -0.25) is 4.79 Å². The van der Waals surface area contributed by atoms with E-state index in [2.05, 4.69) is 5.32 Å². The van der Waals surface area contributed by atoms with Crippen LogP contribution >= 0.6 is 0 Å². The fourth-order valence-corrected chi connectivity index (χ4v) is 1.51. The molecule has 0 aromatic heterocycles. The molecule has 0 aliphatic rings. The highest BCUT2D eigenvalue weighted by Gasteiger charge is 2.32. The topological polar surface area (TPSA) is 52.6 Å². The van der Waals surface area contributed by atoms with Crippen molar-refractivity contribution in [3.63, 3.8) is 0 Å². The number of alkyl halides is 3. The van der Waals surface area contributed by atoms with Crippen molar-refractivity contribution < 1.29 is 23.1 Å². The maximum absolute atomic E-state index is 12.0. The van der Waals surface area contributed by atoms with Gasteiger partial charge in [-0.05, 0) is 26.9 Å². The zero-order valence-corrected chi connectivity index (χ0v) is 11.0. The summed E-state index contributed by atoms with van der Waals surface area (Å²) in [6.45, 7) is 4.00. The normalized spacial score (nSPS) is 15.7. The third kappa shape index (κ3) is 6.80. The van der Waals surface area contributed by atoms with E-state index >= 15 is 0 Å². The third-order valence-corrected chi connectivity index (χ3v) is 2.81. The van der Waals surface area contributed by atoms with Crippen molar-refractivity contribution >= 4 is 5.97 Å². The molecule has 4 nitrogen and oxygen atoms in total. The van der Waals surface area contributed by atoms with Gasteiger partial charge in [-0.2, -0.15) is 13.2 Å². The van der Waals surface area contributed by atoms with E-state index in [4.69, 9.17) is 5.11 Å². The van der Waals surface area contributed by atoms with Crippen LogP contribution in [0.3, 0.4) is 0 Å². The van der Waals surface area contributed by atoms with E-state index in [1.54, 1.807) is 14.0 Å². The molecule has 18 heavy (non-hydrogen) atoms. The van der Waals surface area contributed by atoms with Crippen LogP contribution in [-0.2, 0) is 4.79 Å². The van der Waals surface area contributed by atoms with E-state index in [9.17, 15) is 18.0 Å². The summed E-state index contributed by atoms with van der Waals surface area (Å²) in [6.07, 6.45) is -4.80. The summed E-state index contributed by atoms with van der Waals surface area (Å²) in [5.74, 6) is -0.992. The molecule has 1 unspecified atom stereocenters. The summed E-state index contributed by atoms with van der Waals surface area (Å²) in [5, 5.41) is 11.9. The Morgan fingerprint density at radius 1 is 1.28 bits per heavy atom. The van der Waals surface area contributed by atoms with Crippen LogP contribution in [0.2, 0.25) is 0 Å². The van der Waals surface area contributed by atoms with Crippen LogP contribution < -0.4 is 5.32 Å². The summed E-state index contributed by atoms with van der Waals surface area (Å²) in [5.41, 5.74) is -1.10. The minimum absolute atomic E-state index is 0.120. The average molecular weight is 270 g/mol. The minimum atomic E-state index is -4.17. The molecular formula is C11H21F3N2O2. The van der Waals surface area contributed by atoms with Gasteiger partial charge in [0.25, 0.3) is 0 Å². The first-order valence-electron chi connectivity index (χ1n) is 5.84. The highest BCUT2D eigenvalue weighted by molar-refractivity contribution is 5.78. The predicted octanol–water partition coefficient (Wildman–Crippen LogP) is 1.71. The fourth-order valence-electron chi connectivity index (χ4n) is 1.51. The molecule has 0 saturated carbocycles. The van der Waals surface area contributed by atoms with E-state index in [0.29, 0.717) is 13.1 Å². The zero-order chi connectivity index (χ0) is 14.4. The summed E-state index contributed by atoms with van der Waals surface area (Å²) in [7, 11) is 1.56. The highest BCUT2D eigenvalue weighted by atomic mass is 19.4. The largest absolute Gasteiger partial charge is 0.480 e. The van der Waals surface area contributed by atoms with E-state index < -0.39 is 24.1 Å². The van der Waals surface area contributed by atoms with Gasteiger partial charge in [0.05, 0.1) is 6.42 Å². The average Bonchev–Trinajstić information content (AvgIpc) is 2.22. The van der Waals surface area contributed by atoms with Crippen LogP contribution in [0.15, 0.2) is 0 Å². The standard InChI is InChI=1S/C11H21F3N2O2/c1-4-15-10(2,9(17)18)5-7-16(3)8-6-11(12,13)14/h15H,4-8H2,1-3H3,(H,17,18). The molecule has 0 heterocycles. The van der Waals surface area contributed by atoms with Gasteiger partial charge in [0.15, 0.2) is 0 Å². The van der Waals surface area contributed by atoms with E-state index in [1.165, 1.54) is 11.8 Å². The molecule has 0 rings (SSSR count). The monoisotopic (exact) mass is 270 g/mol. The lowest BCUT2D eigenvalue weighted by Gasteiger charge is -2.28. The van der Waals surface area contributed by atoms with Gasteiger partial charge in [0.1, 0.15) is 5.54 Å². The van der Waals surface area contributed by atoms with E-state index in [1.807, 2.05) is 0 Å². The van der Waals surface area contributed by atoms with Gasteiger partial charge >= 0.3 is 12.1 Å². The van der Waals surface area contributed by atoms with E-state index in [0.717, 1.165) is 0 Å². The maximum atomic E-state index is 12.0. The number of carbonyl (C=O) groups is 1. The Labute approximate surface area is 105 Å². The van der Waals surface area contributed by atoms with Crippen molar-refractivity contribution in [1.82, 2.24) is 10.2 Å². The smallest absolute Gasteiger partial charge is 0.390 e. The van der Waals surface area contributed by atoms with Crippen molar-refractivity contribution in [1.29, 1.82) is 0 Å². The van der Waals surface area contributed by atoms with Crippen molar-refractivity contribution in [2.75, 3.05) is 26.7 Å².